The fraction of sp³-hybridized carbons (Fsp3) is 0.867. The number of hydrogen-bond acceptors (Lipinski definition) is 2. The van der Waals surface area contributed by atoms with Gasteiger partial charge in [0.2, 0.25) is 0 Å². The Morgan fingerprint density at radius 2 is 1.82 bits per heavy atom. The van der Waals surface area contributed by atoms with Crippen LogP contribution in [0.3, 0.4) is 0 Å². The Morgan fingerprint density at radius 3 is 2.35 bits per heavy atom. The standard InChI is InChI=1S/C15H29NO/c1-4-5-8-11-14(17)15(2,3)16-12-9-6-7-10-13-16/h4,14,17H,1,5-13H2,2-3H3. The number of unbranched alkanes of at least 4 members (excludes halogenated alkanes) is 1. The van der Waals surface area contributed by atoms with Gasteiger partial charge in [-0.15, -0.1) is 6.58 Å². The third-order valence-corrected chi connectivity index (χ3v) is 4.12. The minimum atomic E-state index is -0.222. The van der Waals surface area contributed by atoms with Crippen LogP contribution < -0.4 is 0 Å². The van der Waals surface area contributed by atoms with Crippen molar-refractivity contribution in [3.63, 3.8) is 0 Å². The summed E-state index contributed by atoms with van der Waals surface area (Å²) in [6.07, 6.45) is 9.90. The molecule has 0 amide bonds. The topological polar surface area (TPSA) is 23.5 Å². The van der Waals surface area contributed by atoms with Crippen LogP contribution in [0.5, 0.6) is 0 Å². The van der Waals surface area contributed by atoms with Crippen molar-refractivity contribution in [2.75, 3.05) is 13.1 Å². The first-order valence-corrected chi connectivity index (χ1v) is 7.13. The molecule has 1 saturated heterocycles. The molecule has 1 rings (SSSR count). The molecule has 0 spiro atoms. The smallest absolute Gasteiger partial charge is 0.0718 e. The van der Waals surface area contributed by atoms with Crippen LogP contribution in [0.4, 0.5) is 0 Å². The molecule has 0 saturated carbocycles. The predicted molar refractivity (Wildman–Crippen MR) is 74.2 cm³/mol. The largest absolute Gasteiger partial charge is 0.391 e. The van der Waals surface area contributed by atoms with E-state index < -0.39 is 0 Å². The molecule has 1 fully saturated rings. The Morgan fingerprint density at radius 1 is 1.24 bits per heavy atom. The maximum absolute atomic E-state index is 10.4. The summed E-state index contributed by atoms with van der Waals surface area (Å²) in [7, 11) is 0. The quantitative estimate of drug-likeness (QED) is 0.567. The second kappa shape index (κ2) is 7.17. The molecule has 0 aromatic rings. The van der Waals surface area contributed by atoms with Gasteiger partial charge in [0, 0.05) is 5.54 Å². The Hall–Kier alpha value is -0.340. The first kappa shape index (κ1) is 14.7. The van der Waals surface area contributed by atoms with Crippen molar-refractivity contribution >= 4 is 0 Å². The summed E-state index contributed by atoms with van der Waals surface area (Å²) in [5.74, 6) is 0. The van der Waals surface area contributed by atoms with Gasteiger partial charge in [-0.2, -0.15) is 0 Å². The molecular weight excluding hydrogens is 210 g/mol. The van der Waals surface area contributed by atoms with Crippen LogP contribution in [0.15, 0.2) is 12.7 Å². The minimum absolute atomic E-state index is 0.0779. The van der Waals surface area contributed by atoms with Crippen LogP contribution in [0.2, 0.25) is 0 Å². The SMILES string of the molecule is C=CCCCC(O)C(C)(C)N1CCCCCC1. The van der Waals surface area contributed by atoms with E-state index in [1.54, 1.807) is 0 Å². The fourth-order valence-corrected chi connectivity index (χ4v) is 2.67. The number of rotatable bonds is 6. The van der Waals surface area contributed by atoms with Gasteiger partial charge in [0.05, 0.1) is 6.10 Å². The summed E-state index contributed by atoms with van der Waals surface area (Å²) >= 11 is 0. The molecule has 0 aromatic carbocycles. The van der Waals surface area contributed by atoms with Crippen LogP contribution in [-0.2, 0) is 0 Å². The molecular formula is C15H29NO. The van der Waals surface area contributed by atoms with Gasteiger partial charge in [-0.05, 0) is 59.0 Å². The van der Waals surface area contributed by atoms with Crippen molar-refractivity contribution in [1.29, 1.82) is 0 Å². The summed E-state index contributed by atoms with van der Waals surface area (Å²) in [4.78, 5) is 2.48. The van der Waals surface area contributed by atoms with E-state index >= 15 is 0 Å². The lowest BCUT2D eigenvalue weighted by Gasteiger charge is -2.41. The van der Waals surface area contributed by atoms with Gasteiger partial charge in [0.15, 0.2) is 0 Å². The van der Waals surface area contributed by atoms with Gasteiger partial charge in [0.25, 0.3) is 0 Å². The van der Waals surface area contributed by atoms with E-state index in [0.717, 1.165) is 32.4 Å². The van der Waals surface area contributed by atoms with Crippen LogP contribution in [0.1, 0.15) is 58.8 Å². The molecule has 0 bridgehead atoms. The van der Waals surface area contributed by atoms with E-state index in [1.165, 1.54) is 25.7 Å². The van der Waals surface area contributed by atoms with E-state index in [9.17, 15) is 5.11 Å². The number of aliphatic hydroxyl groups excluding tert-OH is 1. The van der Waals surface area contributed by atoms with E-state index in [-0.39, 0.29) is 11.6 Å². The molecule has 0 radical (unpaired) electrons. The predicted octanol–water partition coefficient (Wildman–Crippen LogP) is 3.36. The van der Waals surface area contributed by atoms with E-state index in [4.69, 9.17) is 0 Å². The third kappa shape index (κ3) is 4.44. The maximum atomic E-state index is 10.4. The highest BCUT2D eigenvalue weighted by Gasteiger charge is 2.33. The van der Waals surface area contributed by atoms with Gasteiger partial charge < -0.3 is 5.11 Å². The van der Waals surface area contributed by atoms with Crippen molar-refractivity contribution in [1.82, 2.24) is 4.90 Å². The zero-order valence-electron chi connectivity index (χ0n) is 11.6. The van der Waals surface area contributed by atoms with E-state index in [2.05, 4.69) is 25.3 Å². The van der Waals surface area contributed by atoms with Crippen molar-refractivity contribution < 1.29 is 5.11 Å². The van der Waals surface area contributed by atoms with Crippen molar-refractivity contribution in [2.24, 2.45) is 0 Å². The molecule has 0 aromatic heterocycles. The lowest BCUT2D eigenvalue weighted by molar-refractivity contribution is -0.0135. The number of hydrogen-bond donors (Lipinski definition) is 1. The van der Waals surface area contributed by atoms with E-state index in [1.807, 2.05) is 6.08 Å². The monoisotopic (exact) mass is 239 g/mol. The van der Waals surface area contributed by atoms with Crippen LogP contribution in [0.25, 0.3) is 0 Å². The highest BCUT2D eigenvalue weighted by atomic mass is 16.3. The Balaban J connectivity index is 2.48. The first-order valence-electron chi connectivity index (χ1n) is 7.13. The molecule has 0 aliphatic carbocycles. The van der Waals surface area contributed by atoms with Crippen LogP contribution in [-0.4, -0.2) is 34.7 Å². The number of allylic oxidation sites excluding steroid dienone is 1. The first-order chi connectivity index (χ1) is 8.09. The van der Waals surface area contributed by atoms with Gasteiger partial charge in [-0.3, -0.25) is 4.90 Å². The molecule has 1 unspecified atom stereocenters. The summed E-state index contributed by atoms with van der Waals surface area (Å²) in [6, 6.07) is 0. The van der Waals surface area contributed by atoms with Crippen molar-refractivity contribution in [3.05, 3.63) is 12.7 Å². The lowest BCUT2D eigenvalue weighted by Crippen LogP contribution is -2.52. The second-order valence-electron chi connectivity index (χ2n) is 5.79. The maximum Gasteiger partial charge on any atom is 0.0718 e. The molecule has 2 nitrogen and oxygen atoms in total. The highest BCUT2D eigenvalue weighted by molar-refractivity contribution is 4.89. The van der Waals surface area contributed by atoms with Gasteiger partial charge in [-0.25, -0.2) is 0 Å². The summed E-state index contributed by atoms with van der Waals surface area (Å²) in [6.45, 7) is 10.4. The minimum Gasteiger partial charge on any atom is -0.391 e. The highest BCUT2D eigenvalue weighted by Crippen LogP contribution is 2.26. The number of aliphatic hydroxyl groups is 1. The molecule has 100 valence electrons. The molecule has 1 aliphatic heterocycles. The van der Waals surface area contributed by atoms with Gasteiger partial charge in [-0.1, -0.05) is 18.9 Å². The van der Waals surface area contributed by atoms with Crippen LogP contribution in [0, 0.1) is 0 Å². The third-order valence-electron chi connectivity index (χ3n) is 4.12. The second-order valence-corrected chi connectivity index (χ2v) is 5.79. The normalized spacial score (nSPS) is 20.9. The fourth-order valence-electron chi connectivity index (χ4n) is 2.67. The van der Waals surface area contributed by atoms with Gasteiger partial charge >= 0.3 is 0 Å². The molecule has 1 aliphatic rings. The molecule has 1 heterocycles. The Bertz CT molecular complexity index is 217. The Kier molecular flexibility index (Phi) is 6.21. The average molecular weight is 239 g/mol. The summed E-state index contributed by atoms with van der Waals surface area (Å²) < 4.78 is 0. The number of likely N-dealkylation sites (tertiary alicyclic amines) is 1. The zero-order valence-corrected chi connectivity index (χ0v) is 11.6. The van der Waals surface area contributed by atoms with Crippen molar-refractivity contribution in [2.45, 2.75) is 70.4 Å². The average Bonchev–Trinajstić information content (AvgIpc) is 2.58. The molecule has 2 heteroatoms. The van der Waals surface area contributed by atoms with Crippen molar-refractivity contribution in [3.8, 4) is 0 Å². The molecule has 17 heavy (non-hydrogen) atoms. The summed E-state index contributed by atoms with van der Waals surface area (Å²) in [5.41, 5.74) is -0.0779. The number of nitrogens with zero attached hydrogens (tertiary/aromatic N) is 1. The van der Waals surface area contributed by atoms with Crippen LogP contribution >= 0.6 is 0 Å². The Labute approximate surface area is 107 Å². The zero-order chi connectivity index (χ0) is 12.7. The lowest BCUT2D eigenvalue weighted by atomic mass is 9.90. The van der Waals surface area contributed by atoms with Gasteiger partial charge in [0.1, 0.15) is 0 Å². The summed E-state index contributed by atoms with van der Waals surface area (Å²) in [5, 5.41) is 10.4. The van der Waals surface area contributed by atoms with E-state index in [0.29, 0.717) is 0 Å². The molecule has 1 atom stereocenters. The molecule has 1 N–H and O–H groups in total.